The Labute approximate surface area is 123 Å². The van der Waals surface area contributed by atoms with Crippen LogP contribution in [0.2, 0.25) is 0 Å². The van der Waals surface area contributed by atoms with Crippen molar-refractivity contribution >= 4 is 0 Å². The van der Waals surface area contributed by atoms with Gasteiger partial charge in [-0.1, -0.05) is 38.1 Å². The summed E-state index contributed by atoms with van der Waals surface area (Å²) in [5.74, 6) is 0. The number of benzene rings is 1. The topological polar surface area (TPSA) is 21.3 Å². The summed E-state index contributed by atoms with van der Waals surface area (Å²) < 4.78 is 6.16. The minimum Gasteiger partial charge on any atom is -0.374 e. The molecule has 0 aliphatic heterocycles. The van der Waals surface area contributed by atoms with Gasteiger partial charge in [-0.05, 0) is 62.2 Å². The van der Waals surface area contributed by atoms with E-state index in [4.69, 9.17) is 4.74 Å². The van der Waals surface area contributed by atoms with Crippen molar-refractivity contribution in [2.75, 3.05) is 13.6 Å². The largest absolute Gasteiger partial charge is 0.374 e. The van der Waals surface area contributed by atoms with Crippen LogP contribution in [0.3, 0.4) is 0 Å². The van der Waals surface area contributed by atoms with Gasteiger partial charge in [-0.2, -0.15) is 0 Å². The maximum Gasteiger partial charge on any atom is 0.0723 e. The van der Waals surface area contributed by atoms with Crippen LogP contribution in [0.4, 0.5) is 0 Å². The number of rotatable bonds is 6. The maximum atomic E-state index is 6.16. The van der Waals surface area contributed by atoms with Crippen LogP contribution in [0, 0.1) is 5.41 Å². The Morgan fingerprint density at radius 3 is 2.45 bits per heavy atom. The van der Waals surface area contributed by atoms with E-state index < -0.39 is 0 Å². The first kappa shape index (κ1) is 15.5. The van der Waals surface area contributed by atoms with Gasteiger partial charge in [-0.3, -0.25) is 0 Å². The third kappa shape index (κ3) is 4.60. The molecule has 1 N–H and O–H groups in total. The van der Waals surface area contributed by atoms with E-state index in [-0.39, 0.29) is 0 Å². The molecule has 20 heavy (non-hydrogen) atoms. The molecule has 2 rings (SSSR count). The van der Waals surface area contributed by atoms with Crippen LogP contribution < -0.4 is 5.32 Å². The van der Waals surface area contributed by atoms with E-state index in [2.05, 4.69) is 43.4 Å². The van der Waals surface area contributed by atoms with Crippen LogP contribution in [-0.2, 0) is 17.8 Å². The summed E-state index contributed by atoms with van der Waals surface area (Å²) in [6.07, 6.45) is 6.55. The number of ether oxygens (including phenoxy) is 1. The number of hydrogen-bond acceptors (Lipinski definition) is 2. The highest BCUT2D eigenvalue weighted by molar-refractivity contribution is 5.26. The molecule has 2 nitrogen and oxygen atoms in total. The molecule has 0 unspecified atom stereocenters. The molecular weight excluding hydrogens is 246 g/mol. The number of nitrogens with one attached hydrogen (secondary N) is 1. The lowest BCUT2D eigenvalue weighted by Crippen LogP contribution is -2.26. The minimum atomic E-state index is 0.459. The predicted octanol–water partition coefficient (Wildman–Crippen LogP) is 3.93. The fourth-order valence-corrected chi connectivity index (χ4v) is 2.95. The van der Waals surface area contributed by atoms with Gasteiger partial charge < -0.3 is 10.1 Å². The van der Waals surface area contributed by atoms with Crippen LogP contribution in [0.5, 0.6) is 0 Å². The van der Waals surface area contributed by atoms with Gasteiger partial charge in [0.15, 0.2) is 0 Å². The monoisotopic (exact) mass is 275 g/mol. The minimum absolute atomic E-state index is 0.459. The first-order chi connectivity index (χ1) is 9.61. The first-order valence-corrected chi connectivity index (χ1v) is 7.94. The molecule has 0 saturated heterocycles. The van der Waals surface area contributed by atoms with Crippen molar-refractivity contribution in [2.45, 2.75) is 58.7 Å². The summed E-state index contributed by atoms with van der Waals surface area (Å²) >= 11 is 0. The Bertz CT molecular complexity index is 404. The molecule has 0 heterocycles. The Morgan fingerprint density at radius 1 is 1.15 bits per heavy atom. The second-order valence-corrected chi connectivity index (χ2v) is 6.80. The van der Waals surface area contributed by atoms with Crippen molar-refractivity contribution in [3.8, 4) is 0 Å². The highest BCUT2D eigenvalue weighted by Crippen LogP contribution is 2.36. The first-order valence-electron chi connectivity index (χ1n) is 7.94. The Hall–Kier alpha value is -0.860. The van der Waals surface area contributed by atoms with E-state index in [0.717, 1.165) is 19.6 Å². The molecule has 1 aromatic carbocycles. The van der Waals surface area contributed by atoms with Crippen molar-refractivity contribution in [1.29, 1.82) is 0 Å². The molecule has 0 amide bonds. The summed E-state index contributed by atoms with van der Waals surface area (Å²) in [7, 11) is 2.00. The summed E-state index contributed by atoms with van der Waals surface area (Å²) in [5.41, 5.74) is 3.29. The molecule has 0 aromatic heterocycles. The van der Waals surface area contributed by atoms with Crippen molar-refractivity contribution in [3.05, 3.63) is 35.4 Å². The molecule has 2 heteroatoms. The van der Waals surface area contributed by atoms with Crippen LogP contribution in [0.15, 0.2) is 24.3 Å². The Morgan fingerprint density at radius 2 is 1.80 bits per heavy atom. The van der Waals surface area contributed by atoms with Crippen molar-refractivity contribution in [1.82, 2.24) is 5.32 Å². The molecule has 0 spiro atoms. The Kier molecular flexibility index (Phi) is 5.62. The number of likely N-dealkylation sites (N-methyl/N-ethyl adjacent to an activating group) is 1. The molecule has 1 saturated carbocycles. The third-order valence-electron chi connectivity index (χ3n) is 4.52. The van der Waals surface area contributed by atoms with Gasteiger partial charge in [0.05, 0.1) is 12.7 Å². The van der Waals surface area contributed by atoms with Gasteiger partial charge in [-0.25, -0.2) is 0 Å². The molecule has 0 radical (unpaired) electrons. The summed E-state index contributed by atoms with van der Waals surface area (Å²) in [5, 5.41) is 3.22. The fraction of sp³-hybridized carbons (Fsp3) is 0.667. The summed E-state index contributed by atoms with van der Waals surface area (Å²) in [6.45, 7) is 6.53. The van der Waals surface area contributed by atoms with Gasteiger partial charge in [0.2, 0.25) is 0 Å². The lowest BCUT2D eigenvalue weighted by atomic mass is 9.76. The maximum absolute atomic E-state index is 6.16. The third-order valence-corrected chi connectivity index (χ3v) is 4.52. The van der Waals surface area contributed by atoms with Crippen molar-refractivity contribution in [2.24, 2.45) is 5.41 Å². The molecule has 1 fully saturated rings. The lowest BCUT2D eigenvalue weighted by molar-refractivity contribution is -0.00583. The van der Waals surface area contributed by atoms with Gasteiger partial charge in [0, 0.05) is 0 Å². The van der Waals surface area contributed by atoms with E-state index >= 15 is 0 Å². The number of hydrogen-bond donors (Lipinski definition) is 1. The van der Waals surface area contributed by atoms with Gasteiger partial charge in [0.1, 0.15) is 0 Å². The van der Waals surface area contributed by atoms with Crippen LogP contribution in [-0.4, -0.2) is 19.7 Å². The van der Waals surface area contributed by atoms with E-state index in [1.165, 1.54) is 36.8 Å². The lowest BCUT2D eigenvalue weighted by Gasteiger charge is -2.34. The van der Waals surface area contributed by atoms with Crippen molar-refractivity contribution in [3.63, 3.8) is 0 Å². The van der Waals surface area contributed by atoms with E-state index in [1.807, 2.05) is 7.05 Å². The normalized spacial score (nSPS) is 19.1. The average Bonchev–Trinajstić information content (AvgIpc) is 2.45. The molecule has 112 valence electrons. The van der Waals surface area contributed by atoms with Gasteiger partial charge >= 0.3 is 0 Å². The van der Waals surface area contributed by atoms with Gasteiger partial charge in [-0.15, -0.1) is 0 Å². The summed E-state index contributed by atoms with van der Waals surface area (Å²) in [4.78, 5) is 0. The second kappa shape index (κ2) is 7.24. The zero-order chi connectivity index (χ0) is 14.4. The standard InChI is InChI=1S/C18H29NO/c1-18(2)11-8-17(9-12-18)20-14-16-7-5-4-6-15(16)10-13-19-3/h4-7,17,19H,8-14H2,1-3H3. The van der Waals surface area contributed by atoms with E-state index in [0.29, 0.717) is 11.5 Å². The van der Waals surface area contributed by atoms with Gasteiger partial charge in [0.25, 0.3) is 0 Å². The second-order valence-electron chi connectivity index (χ2n) is 6.80. The predicted molar refractivity (Wildman–Crippen MR) is 84.9 cm³/mol. The highest BCUT2D eigenvalue weighted by Gasteiger charge is 2.27. The van der Waals surface area contributed by atoms with E-state index in [1.54, 1.807) is 0 Å². The zero-order valence-corrected chi connectivity index (χ0v) is 13.2. The van der Waals surface area contributed by atoms with Crippen molar-refractivity contribution < 1.29 is 4.74 Å². The zero-order valence-electron chi connectivity index (χ0n) is 13.2. The molecule has 1 aliphatic rings. The summed E-state index contributed by atoms with van der Waals surface area (Å²) in [6, 6.07) is 8.67. The van der Waals surface area contributed by atoms with E-state index in [9.17, 15) is 0 Å². The smallest absolute Gasteiger partial charge is 0.0723 e. The molecule has 1 aromatic rings. The SMILES string of the molecule is CNCCc1ccccc1COC1CCC(C)(C)CC1. The quantitative estimate of drug-likeness (QED) is 0.849. The highest BCUT2D eigenvalue weighted by atomic mass is 16.5. The fourth-order valence-electron chi connectivity index (χ4n) is 2.95. The van der Waals surface area contributed by atoms with Crippen LogP contribution in [0.1, 0.15) is 50.7 Å². The molecule has 0 atom stereocenters. The Balaban J connectivity index is 1.85. The molecule has 1 aliphatic carbocycles. The molecular formula is C18H29NO. The average molecular weight is 275 g/mol. The molecule has 0 bridgehead atoms. The van der Waals surface area contributed by atoms with Crippen LogP contribution in [0.25, 0.3) is 0 Å². The van der Waals surface area contributed by atoms with Crippen LogP contribution >= 0.6 is 0 Å².